The Balaban J connectivity index is 3.14. The Labute approximate surface area is 107 Å². The van der Waals surface area contributed by atoms with E-state index in [1.165, 1.54) is 12.1 Å². The van der Waals surface area contributed by atoms with Crippen molar-refractivity contribution < 1.29 is 8.78 Å². The highest BCUT2D eigenvalue weighted by atomic mass is 19.3. The lowest BCUT2D eigenvalue weighted by atomic mass is 9.84. The molecule has 0 aliphatic heterocycles. The molecule has 0 radical (unpaired) electrons. The topological polar surface area (TPSA) is 23.8 Å². The monoisotopic (exact) mass is 251 g/mol. The van der Waals surface area contributed by atoms with Crippen LogP contribution in [0.2, 0.25) is 0 Å². The average molecular weight is 251 g/mol. The van der Waals surface area contributed by atoms with Crippen LogP contribution in [0.1, 0.15) is 45.2 Å². The molecule has 1 rings (SSSR count). The second kappa shape index (κ2) is 5.06. The number of nitriles is 1. The molecule has 0 spiro atoms. The molecule has 1 nitrogen and oxygen atoms in total. The van der Waals surface area contributed by atoms with Gasteiger partial charge in [-0.05, 0) is 31.4 Å². The third kappa shape index (κ3) is 3.29. The highest BCUT2D eigenvalue weighted by Crippen LogP contribution is 2.36. The predicted molar refractivity (Wildman–Crippen MR) is 68.4 cm³/mol. The molecule has 3 heteroatoms. The normalized spacial score (nSPS) is 12.6. The minimum atomic E-state index is -2.84. The first kappa shape index (κ1) is 14.6. The van der Waals surface area contributed by atoms with Gasteiger partial charge >= 0.3 is 0 Å². The second-order valence-electron chi connectivity index (χ2n) is 5.62. The van der Waals surface area contributed by atoms with E-state index in [-0.39, 0.29) is 17.9 Å². The van der Waals surface area contributed by atoms with Gasteiger partial charge in [0, 0.05) is 12.0 Å². The van der Waals surface area contributed by atoms with E-state index >= 15 is 0 Å². The molecule has 0 unspecified atom stereocenters. The van der Waals surface area contributed by atoms with Crippen molar-refractivity contribution in [1.29, 1.82) is 5.26 Å². The number of nitrogens with zero attached hydrogens (tertiary/aromatic N) is 1. The van der Waals surface area contributed by atoms with Crippen LogP contribution in [0.4, 0.5) is 8.78 Å². The number of hydrogen-bond acceptors (Lipinski definition) is 1. The summed E-state index contributed by atoms with van der Waals surface area (Å²) in [4.78, 5) is 0. The maximum Gasteiger partial charge on any atom is 0.273 e. The Bertz CT molecular complexity index is 456. The standard InChI is InChI=1S/C15H19F2N/c1-11(2)9-15(16,17)13-7-5-6-12(8-13)14(3,4)10-18/h5-8,11H,9H2,1-4H3. The SMILES string of the molecule is CC(C)CC(F)(F)c1cccc(C(C)(C)C#N)c1. The van der Waals surface area contributed by atoms with Crippen molar-refractivity contribution in [3.63, 3.8) is 0 Å². The fraction of sp³-hybridized carbons (Fsp3) is 0.533. The van der Waals surface area contributed by atoms with Gasteiger partial charge in [-0.3, -0.25) is 0 Å². The van der Waals surface area contributed by atoms with Crippen LogP contribution in [-0.4, -0.2) is 0 Å². The van der Waals surface area contributed by atoms with Crippen molar-refractivity contribution >= 4 is 0 Å². The highest BCUT2D eigenvalue weighted by molar-refractivity contribution is 5.35. The molecular formula is C15H19F2N. The lowest BCUT2D eigenvalue weighted by Gasteiger charge is -2.22. The summed E-state index contributed by atoms with van der Waals surface area (Å²) >= 11 is 0. The van der Waals surface area contributed by atoms with Gasteiger partial charge in [-0.15, -0.1) is 0 Å². The fourth-order valence-corrected chi connectivity index (χ4v) is 1.83. The number of hydrogen-bond donors (Lipinski definition) is 0. The third-order valence-electron chi connectivity index (χ3n) is 2.95. The van der Waals surface area contributed by atoms with Crippen LogP contribution in [0, 0.1) is 17.2 Å². The van der Waals surface area contributed by atoms with Crippen LogP contribution in [0.25, 0.3) is 0 Å². The Hall–Kier alpha value is -1.43. The molecule has 0 saturated carbocycles. The minimum absolute atomic E-state index is 0.00275. The van der Waals surface area contributed by atoms with Crippen LogP contribution in [0.5, 0.6) is 0 Å². The molecule has 0 aromatic heterocycles. The molecule has 98 valence electrons. The Morgan fingerprint density at radius 1 is 1.22 bits per heavy atom. The molecule has 0 aliphatic rings. The maximum absolute atomic E-state index is 14.0. The molecule has 0 bridgehead atoms. The molecule has 0 amide bonds. The van der Waals surface area contributed by atoms with E-state index in [1.54, 1.807) is 39.8 Å². The van der Waals surface area contributed by atoms with Crippen molar-refractivity contribution in [2.45, 2.75) is 45.5 Å². The lowest BCUT2D eigenvalue weighted by Crippen LogP contribution is -2.19. The van der Waals surface area contributed by atoms with Crippen molar-refractivity contribution in [3.05, 3.63) is 35.4 Å². The molecular weight excluding hydrogens is 232 g/mol. The molecule has 0 aliphatic carbocycles. The average Bonchev–Trinajstić information content (AvgIpc) is 2.27. The maximum atomic E-state index is 14.0. The van der Waals surface area contributed by atoms with Gasteiger partial charge in [0.25, 0.3) is 5.92 Å². The van der Waals surface area contributed by atoms with Crippen LogP contribution in [0.3, 0.4) is 0 Å². The number of benzene rings is 1. The predicted octanol–water partition coefficient (Wildman–Crippen LogP) is 4.63. The van der Waals surface area contributed by atoms with E-state index in [4.69, 9.17) is 5.26 Å². The van der Waals surface area contributed by atoms with Gasteiger partial charge < -0.3 is 0 Å². The van der Waals surface area contributed by atoms with Gasteiger partial charge in [-0.25, -0.2) is 8.78 Å². The molecule has 0 heterocycles. The Morgan fingerprint density at radius 3 is 2.28 bits per heavy atom. The van der Waals surface area contributed by atoms with Crippen molar-refractivity contribution in [1.82, 2.24) is 0 Å². The van der Waals surface area contributed by atoms with Crippen LogP contribution < -0.4 is 0 Å². The number of halogens is 2. The van der Waals surface area contributed by atoms with Gasteiger partial charge in [-0.1, -0.05) is 32.0 Å². The summed E-state index contributed by atoms with van der Waals surface area (Å²) in [7, 11) is 0. The quantitative estimate of drug-likeness (QED) is 0.765. The van der Waals surface area contributed by atoms with Crippen molar-refractivity contribution in [2.75, 3.05) is 0 Å². The molecule has 1 aromatic carbocycles. The number of rotatable bonds is 4. The number of alkyl halides is 2. The summed E-state index contributed by atoms with van der Waals surface area (Å²) in [5.41, 5.74) is -0.118. The summed E-state index contributed by atoms with van der Waals surface area (Å²) in [6.07, 6.45) is -0.177. The van der Waals surface area contributed by atoms with Crippen LogP contribution in [-0.2, 0) is 11.3 Å². The largest absolute Gasteiger partial charge is 0.273 e. The fourth-order valence-electron chi connectivity index (χ4n) is 1.83. The zero-order chi connectivity index (χ0) is 14.0. The second-order valence-corrected chi connectivity index (χ2v) is 5.62. The van der Waals surface area contributed by atoms with Gasteiger partial charge in [0.2, 0.25) is 0 Å². The summed E-state index contributed by atoms with van der Waals surface area (Å²) < 4.78 is 28.0. The van der Waals surface area contributed by atoms with E-state index < -0.39 is 11.3 Å². The summed E-state index contributed by atoms with van der Waals surface area (Å²) in [5.74, 6) is -2.91. The first-order valence-corrected chi connectivity index (χ1v) is 6.09. The summed E-state index contributed by atoms with van der Waals surface area (Å²) in [6.45, 7) is 7.01. The van der Waals surface area contributed by atoms with E-state index in [2.05, 4.69) is 6.07 Å². The van der Waals surface area contributed by atoms with Crippen molar-refractivity contribution in [3.8, 4) is 6.07 Å². The highest BCUT2D eigenvalue weighted by Gasteiger charge is 2.33. The Morgan fingerprint density at radius 2 is 1.78 bits per heavy atom. The summed E-state index contributed by atoms with van der Waals surface area (Å²) in [5, 5.41) is 9.05. The zero-order valence-electron chi connectivity index (χ0n) is 11.3. The molecule has 0 fully saturated rings. The van der Waals surface area contributed by atoms with Gasteiger partial charge in [-0.2, -0.15) is 5.26 Å². The third-order valence-corrected chi connectivity index (χ3v) is 2.95. The van der Waals surface area contributed by atoms with Gasteiger partial charge in [0.05, 0.1) is 11.5 Å². The van der Waals surface area contributed by atoms with Crippen LogP contribution in [0.15, 0.2) is 24.3 Å². The van der Waals surface area contributed by atoms with E-state index in [0.717, 1.165) is 0 Å². The summed E-state index contributed by atoms with van der Waals surface area (Å²) in [6, 6.07) is 8.33. The molecule has 1 aromatic rings. The van der Waals surface area contributed by atoms with Gasteiger partial charge in [0.1, 0.15) is 0 Å². The zero-order valence-corrected chi connectivity index (χ0v) is 11.3. The molecule has 0 atom stereocenters. The Kier molecular flexibility index (Phi) is 4.11. The molecule has 18 heavy (non-hydrogen) atoms. The van der Waals surface area contributed by atoms with E-state index in [1.807, 2.05) is 0 Å². The minimum Gasteiger partial charge on any atom is -0.201 e. The van der Waals surface area contributed by atoms with E-state index in [9.17, 15) is 8.78 Å². The van der Waals surface area contributed by atoms with Crippen molar-refractivity contribution in [2.24, 2.45) is 5.92 Å². The van der Waals surface area contributed by atoms with E-state index in [0.29, 0.717) is 5.56 Å². The van der Waals surface area contributed by atoms with Crippen LogP contribution >= 0.6 is 0 Å². The first-order chi connectivity index (χ1) is 8.19. The molecule has 0 saturated heterocycles. The molecule has 0 N–H and O–H groups in total. The van der Waals surface area contributed by atoms with Gasteiger partial charge in [0.15, 0.2) is 0 Å². The smallest absolute Gasteiger partial charge is 0.201 e. The first-order valence-electron chi connectivity index (χ1n) is 6.09. The lowest BCUT2D eigenvalue weighted by molar-refractivity contribution is -0.0250.